The van der Waals surface area contributed by atoms with E-state index in [1.165, 1.54) is 25.0 Å². The predicted octanol–water partition coefficient (Wildman–Crippen LogP) is 2.47. The smallest absolute Gasteiger partial charge is 0.123 e. The molecule has 0 bridgehead atoms. The Labute approximate surface area is 89.2 Å². The van der Waals surface area contributed by atoms with E-state index in [1.54, 1.807) is 12.1 Å². The molecule has 0 amide bonds. The number of hydrogen-bond acceptors (Lipinski definition) is 2. The summed E-state index contributed by atoms with van der Waals surface area (Å²) in [5, 5.41) is 0. The van der Waals surface area contributed by atoms with E-state index in [0.717, 1.165) is 12.8 Å². The van der Waals surface area contributed by atoms with Gasteiger partial charge in [0.05, 0.1) is 0 Å². The molecule has 1 saturated carbocycles. The van der Waals surface area contributed by atoms with Gasteiger partial charge in [-0.1, -0.05) is 6.42 Å². The molecule has 1 aliphatic rings. The molecule has 2 unspecified atom stereocenters. The molecule has 2 nitrogen and oxygen atoms in total. The molecule has 0 heterocycles. The van der Waals surface area contributed by atoms with Crippen molar-refractivity contribution in [3.8, 4) is 5.75 Å². The van der Waals surface area contributed by atoms with Crippen molar-refractivity contribution in [2.75, 3.05) is 0 Å². The lowest BCUT2D eigenvalue weighted by Gasteiger charge is -2.29. The second kappa shape index (κ2) is 4.62. The van der Waals surface area contributed by atoms with Crippen LogP contribution in [0.3, 0.4) is 0 Å². The highest BCUT2D eigenvalue weighted by atomic mass is 19.1. The van der Waals surface area contributed by atoms with Gasteiger partial charge in [-0.05, 0) is 43.5 Å². The summed E-state index contributed by atoms with van der Waals surface area (Å²) < 4.78 is 18.4. The predicted molar refractivity (Wildman–Crippen MR) is 57.3 cm³/mol. The quantitative estimate of drug-likeness (QED) is 0.812. The Morgan fingerprint density at radius 1 is 1.13 bits per heavy atom. The number of rotatable bonds is 2. The lowest BCUT2D eigenvalue weighted by atomic mass is 9.93. The van der Waals surface area contributed by atoms with Crippen LogP contribution in [0.2, 0.25) is 0 Å². The van der Waals surface area contributed by atoms with Crippen LogP contribution in [0.1, 0.15) is 25.7 Å². The average Bonchev–Trinajstić information content (AvgIpc) is 2.25. The van der Waals surface area contributed by atoms with Gasteiger partial charge in [0.15, 0.2) is 0 Å². The number of ether oxygens (including phenoxy) is 1. The summed E-state index contributed by atoms with van der Waals surface area (Å²) in [4.78, 5) is 0. The minimum Gasteiger partial charge on any atom is -0.489 e. The largest absolute Gasteiger partial charge is 0.489 e. The average molecular weight is 209 g/mol. The molecule has 2 rings (SSSR count). The van der Waals surface area contributed by atoms with Crippen molar-refractivity contribution in [2.45, 2.75) is 37.8 Å². The van der Waals surface area contributed by atoms with E-state index in [1.807, 2.05) is 0 Å². The van der Waals surface area contributed by atoms with Crippen molar-refractivity contribution in [3.63, 3.8) is 0 Å². The molecule has 0 aromatic heterocycles. The van der Waals surface area contributed by atoms with Gasteiger partial charge in [0.1, 0.15) is 17.7 Å². The van der Waals surface area contributed by atoms with Gasteiger partial charge in [-0.25, -0.2) is 4.39 Å². The van der Waals surface area contributed by atoms with E-state index in [0.29, 0.717) is 5.75 Å². The third kappa shape index (κ3) is 2.69. The van der Waals surface area contributed by atoms with Crippen LogP contribution in [0.25, 0.3) is 0 Å². The summed E-state index contributed by atoms with van der Waals surface area (Å²) in [5.41, 5.74) is 5.96. The first-order valence-electron chi connectivity index (χ1n) is 5.43. The Balaban J connectivity index is 1.98. The molecule has 2 atom stereocenters. The van der Waals surface area contributed by atoms with Crippen LogP contribution in [-0.2, 0) is 0 Å². The van der Waals surface area contributed by atoms with Gasteiger partial charge in [0.25, 0.3) is 0 Å². The first-order chi connectivity index (χ1) is 7.25. The van der Waals surface area contributed by atoms with Crippen molar-refractivity contribution in [1.82, 2.24) is 0 Å². The number of halogens is 1. The van der Waals surface area contributed by atoms with Gasteiger partial charge in [0, 0.05) is 6.04 Å². The molecule has 3 heteroatoms. The second-order valence-electron chi connectivity index (χ2n) is 4.06. The highest BCUT2D eigenvalue weighted by molar-refractivity contribution is 5.22. The molecule has 0 radical (unpaired) electrons. The lowest BCUT2D eigenvalue weighted by molar-refractivity contribution is 0.132. The maximum Gasteiger partial charge on any atom is 0.123 e. The van der Waals surface area contributed by atoms with Crippen molar-refractivity contribution in [1.29, 1.82) is 0 Å². The second-order valence-corrected chi connectivity index (χ2v) is 4.06. The third-order valence-corrected chi connectivity index (χ3v) is 2.85. The van der Waals surface area contributed by atoms with Crippen LogP contribution in [-0.4, -0.2) is 12.1 Å². The summed E-state index contributed by atoms with van der Waals surface area (Å²) in [6.45, 7) is 0. The Morgan fingerprint density at radius 2 is 1.80 bits per heavy atom. The molecule has 2 N–H and O–H groups in total. The Morgan fingerprint density at radius 3 is 2.47 bits per heavy atom. The Kier molecular flexibility index (Phi) is 3.21. The number of benzene rings is 1. The fourth-order valence-electron chi connectivity index (χ4n) is 1.96. The SMILES string of the molecule is NC1CCCCC1Oc1ccc(F)cc1. The molecule has 0 saturated heterocycles. The Hall–Kier alpha value is -1.09. The molecule has 15 heavy (non-hydrogen) atoms. The molecular weight excluding hydrogens is 193 g/mol. The molecular formula is C12H16FNO. The van der Waals surface area contributed by atoms with Gasteiger partial charge in [-0.15, -0.1) is 0 Å². The molecule has 1 aliphatic carbocycles. The maximum absolute atomic E-state index is 12.7. The van der Waals surface area contributed by atoms with E-state index in [4.69, 9.17) is 10.5 Å². The standard InChI is InChI=1S/C12H16FNO/c13-9-5-7-10(8-6-9)15-12-4-2-1-3-11(12)14/h5-8,11-12H,1-4,14H2. The van der Waals surface area contributed by atoms with Gasteiger partial charge in [-0.2, -0.15) is 0 Å². The van der Waals surface area contributed by atoms with E-state index < -0.39 is 0 Å². The fraction of sp³-hybridized carbons (Fsp3) is 0.500. The van der Waals surface area contributed by atoms with Crippen LogP contribution in [0, 0.1) is 5.82 Å². The van der Waals surface area contributed by atoms with E-state index in [9.17, 15) is 4.39 Å². The van der Waals surface area contributed by atoms with Gasteiger partial charge in [0.2, 0.25) is 0 Å². The zero-order valence-corrected chi connectivity index (χ0v) is 8.66. The number of nitrogens with two attached hydrogens (primary N) is 1. The van der Waals surface area contributed by atoms with Crippen LogP contribution in [0.5, 0.6) is 5.75 Å². The van der Waals surface area contributed by atoms with Gasteiger partial charge in [-0.3, -0.25) is 0 Å². The third-order valence-electron chi connectivity index (χ3n) is 2.85. The van der Waals surface area contributed by atoms with Crippen molar-refractivity contribution in [2.24, 2.45) is 5.73 Å². The normalized spacial score (nSPS) is 26.3. The minimum absolute atomic E-state index is 0.0872. The van der Waals surface area contributed by atoms with Crippen LogP contribution < -0.4 is 10.5 Å². The van der Waals surface area contributed by atoms with Crippen molar-refractivity contribution in [3.05, 3.63) is 30.1 Å². The molecule has 0 spiro atoms. The van der Waals surface area contributed by atoms with Gasteiger partial charge < -0.3 is 10.5 Å². The highest BCUT2D eigenvalue weighted by Gasteiger charge is 2.23. The van der Waals surface area contributed by atoms with E-state index >= 15 is 0 Å². The molecule has 82 valence electrons. The summed E-state index contributed by atoms with van der Waals surface area (Å²) in [5.74, 6) is 0.467. The monoisotopic (exact) mass is 209 g/mol. The summed E-state index contributed by atoms with van der Waals surface area (Å²) in [6, 6.07) is 6.23. The summed E-state index contributed by atoms with van der Waals surface area (Å²) in [6.07, 6.45) is 4.46. The first kappa shape index (κ1) is 10.4. The highest BCUT2D eigenvalue weighted by Crippen LogP contribution is 2.22. The molecule has 1 fully saturated rings. The van der Waals surface area contributed by atoms with Crippen LogP contribution in [0.15, 0.2) is 24.3 Å². The molecule has 1 aromatic rings. The molecule has 1 aromatic carbocycles. The zero-order valence-electron chi connectivity index (χ0n) is 8.66. The Bertz CT molecular complexity index is 312. The van der Waals surface area contributed by atoms with Crippen molar-refractivity contribution < 1.29 is 9.13 Å². The van der Waals surface area contributed by atoms with E-state index in [-0.39, 0.29) is 18.0 Å². The van der Waals surface area contributed by atoms with Crippen LogP contribution in [0.4, 0.5) is 4.39 Å². The first-order valence-corrected chi connectivity index (χ1v) is 5.43. The maximum atomic E-state index is 12.7. The zero-order chi connectivity index (χ0) is 10.7. The minimum atomic E-state index is -0.240. The number of hydrogen-bond donors (Lipinski definition) is 1. The van der Waals surface area contributed by atoms with E-state index in [2.05, 4.69) is 0 Å². The topological polar surface area (TPSA) is 35.2 Å². The molecule has 0 aliphatic heterocycles. The lowest BCUT2D eigenvalue weighted by Crippen LogP contribution is -2.41. The van der Waals surface area contributed by atoms with Crippen molar-refractivity contribution >= 4 is 0 Å². The van der Waals surface area contributed by atoms with Crippen LogP contribution >= 0.6 is 0 Å². The van der Waals surface area contributed by atoms with Gasteiger partial charge >= 0.3 is 0 Å². The fourth-order valence-corrected chi connectivity index (χ4v) is 1.96. The summed E-state index contributed by atoms with van der Waals surface area (Å²) >= 11 is 0. The summed E-state index contributed by atoms with van der Waals surface area (Å²) in [7, 11) is 0.